The Morgan fingerprint density at radius 2 is 1.73 bits per heavy atom. The molecule has 0 spiro atoms. The summed E-state index contributed by atoms with van der Waals surface area (Å²) in [6, 6.07) is 17.1. The smallest absolute Gasteiger partial charge is 0.260 e. The summed E-state index contributed by atoms with van der Waals surface area (Å²) in [6.07, 6.45) is -0.542. The molecule has 4 heteroatoms. The lowest BCUT2D eigenvalue weighted by Gasteiger charge is -2.15. The molecule has 0 aliphatic carbocycles. The molecule has 0 saturated heterocycles. The normalized spacial score (nSPS) is 11.5. The van der Waals surface area contributed by atoms with Crippen molar-refractivity contribution in [1.82, 2.24) is 5.32 Å². The number of carbonyl (C=O) groups excluding carboxylic acids is 1. The summed E-state index contributed by atoms with van der Waals surface area (Å²) in [7, 11) is 0. The van der Waals surface area contributed by atoms with Gasteiger partial charge in [-0.3, -0.25) is 4.79 Å². The number of benzene rings is 2. The maximum absolute atomic E-state index is 11.9. The lowest BCUT2D eigenvalue weighted by atomic mass is 10.2. The molecule has 0 unspecified atom stereocenters. The number of aryl methyl sites for hydroxylation is 1. The van der Waals surface area contributed by atoms with Crippen molar-refractivity contribution < 1.29 is 14.3 Å². The fourth-order valence-corrected chi connectivity index (χ4v) is 1.88. The highest BCUT2D eigenvalue weighted by Crippen LogP contribution is 2.13. The van der Waals surface area contributed by atoms with Gasteiger partial charge in [0.15, 0.2) is 6.10 Å². The number of amides is 1. The van der Waals surface area contributed by atoms with Crippen molar-refractivity contribution >= 4 is 5.91 Å². The highest BCUT2D eigenvalue weighted by Gasteiger charge is 2.13. The van der Waals surface area contributed by atoms with E-state index in [0.29, 0.717) is 18.9 Å². The number of hydrogen-bond acceptors (Lipinski definition) is 3. The van der Waals surface area contributed by atoms with Gasteiger partial charge in [-0.1, -0.05) is 35.9 Å². The molecular weight excluding hydrogens is 278 g/mol. The van der Waals surface area contributed by atoms with Gasteiger partial charge in [-0.2, -0.15) is 0 Å². The molecule has 4 nitrogen and oxygen atoms in total. The molecule has 0 fully saturated rings. The largest absolute Gasteiger partial charge is 0.492 e. The van der Waals surface area contributed by atoms with E-state index >= 15 is 0 Å². The lowest BCUT2D eigenvalue weighted by Crippen LogP contribution is -2.38. The van der Waals surface area contributed by atoms with Gasteiger partial charge in [0.05, 0.1) is 6.54 Å². The highest BCUT2D eigenvalue weighted by atomic mass is 16.5. The van der Waals surface area contributed by atoms with Gasteiger partial charge in [0.1, 0.15) is 18.1 Å². The second-order valence-corrected chi connectivity index (χ2v) is 5.03. The zero-order chi connectivity index (χ0) is 15.8. The first-order valence-electron chi connectivity index (χ1n) is 7.34. The molecule has 0 radical (unpaired) electrons. The second kappa shape index (κ2) is 8.08. The van der Waals surface area contributed by atoms with Crippen LogP contribution in [0.4, 0.5) is 0 Å². The average molecular weight is 299 g/mol. The Morgan fingerprint density at radius 3 is 2.41 bits per heavy atom. The molecule has 1 atom stereocenters. The third-order valence-electron chi connectivity index (χ3n) is 3.12. The lowest BCUT2D eigenvalue weighted by molar-refractivity contribution is -0.127. The molecule has 2 aromatic rings. The Morgan fingerprint density at radius 1 is 1.05 bits per heavy atom. The fourth-order valence-electron chi connectivity index (χ4n) is 1.88. The molecule has 22 heavy (non-hydrogen) atoms. The first-order valence-corrected chi connectivity index (χ1v) is 7.34. The summed E-state index contributed by atoms with van der Waals surface area (Å²) in [5, 5.41) is 2.80. The van der Waals surface area contributed by atoms with E-state index in [4.69, 9.17) is 9.47 Å². The van der Waals surface area contributed by atoms with Crippen molar-refractivity contribution in [3.63, 3.8) is 0 Å². The van der Waals surface area contributed by atoms with E-state index in [0.717, 1.165) is 11.3 Å². The third-order valence-corrected chi connectivity index (χ3v) is 3.12. The summed E-state index contributed by atoms with van der Waals surface area (Å²) in [4.78, 5) is 11.9. The predicted molar refractivity (Wildman–Crippen MR) is 86.2 cm³/mol. The van der Waals surface area contributed by atoms with E-state index in [1.54, 1.807) is 6.92 Å². The summed E-state index contributed by atoms with van der Waals surface area (Å²) in [6.45, 7) is 4.60. The summed E-state index contributed by atoms with van der Waals surface area (Å²) in [5.41, 5.74) is 1.16. The van der Waals surface area contributed by atoms with Crippen LogP contribution in [0.25, 0.3) is 0 Å². The van der Waals surface area contributed by atoms with Crippen LogP contribution in [0, 0.1) is 6.92 Å². The molecule has 0 aliphatic rings. The van der Waals surface area contributed by atoms with Crippen LogP contribution in [-0.4, -0.2) is 25.2 Å². The van der Waals surface area contributed by atoms with Crippen molar-refractivity contribution in [2.75, 3.05) is 13.2 Å². The quantitative estimate of drug-likeness (QED) is 0.800. The Bertz CT molecular complexity index is 581. The van der Waals surface area contributed by atoms with Gasteiger partial charge in [-0.25, -0.2) is 0 Å². The SMILES string of the molecule is Cc1ccc(O[C@@H](C)C(=O)NCCOc2ccccc2)cc1. The summed E-state index contributed by atoms with van der Waals surface area (Å²) in [5.74, 6) is 1.33. The van der Waals surface area contributed by atoms with Crippen molar-refractivity contribution in [3.05, 3.63) is 60.2 Å². The molecule has 2 aromatic carbocycles. The van der Waals surface area contributed by atoms with Crippen molar-refractivity contribution in [3.8, 4) is 11.5 Å². The standard InChI is InChI=1S/C18H21NO3/c1-14-8-10-17(11-9-14)22-15(2)18(20)19-12-13-21-16-6-4-3-5-7-16/h3-11,15H,12-13H2,1-2H3,(H,19,20)/t15-/m0/s1. The third kappa shape index (κ3) is 5.13. The molecular formula is C18H21NO3. The predicted octanol–water partition coefficient (Wildman–Crippen LogP) is 2.96. The van der Waals surface area contributed by atoms with Crippen LogP contribution < -0.4 is 14.8 Å². The number of para-hydroxylation sites is 1. The van der Waals surface area contributed by atoms with Gasteiger partial charge < -0.3 is 14.8 Å². The molecule has 1 amide bonds. The van der Waals surface area contributed by atoms with Gasteiger partial charge in [0.2, 0.25) is 0 Å². The molecule has 0 aliphatic heterocycles. The van der Waals surface area contributed by atoms with E-state index in [1.165, 1.54) is 0 Å². The van der Waals surface area contributed by atoms with Gasteiger partial charge in [0.25, 0.3) is 5.91 Å². The monoisotopic (exact) mass is 299 g/mol. The van der Waals surface area contributed by atoms with Crippen molar-refractivity contribution in [1.29, 1.82) is 0 Å². The fraction of sp³-hybridized carbons (Fsp3) is 0.278. The van der Waals surface area contributed by atoms with Crippen molar-refractivity contribution in [2.45, 2.75) is 20.0 Å². The van der Waals surface area contributed by atoms with Crippen LogP contribution in [0.2, 0.25) is 0 Å². The molecule has 0 aromatic heterocycles. The Balaban J connectivity index is 1.69. The van der Waals surface area contributed by atoms with Crippen LogP contribution in [0.3, 0.4) is 0 Å². The molecule has 0 heterocycles. The van der Waals surface area contributed by atoms with Crippen molar-refractivity contribution in [2.24, 2.45) is 0 Å². The maximum Gasteiger partial charge on any atom is 0.260 e. The Labute approximate surface area is 131 Å². The van der Waals surface area contributed by atoms with Crippen LogP contribution in [0.1, 0.15) is 12.5 Å². The van der Waals surface area contributed by atoms with Crippen LogP contribution in [-0.2, 0) is 4.79 Å². The van der Waals surface area contributed by atoms with Crippen LogP contribution >= 0.6 is 0 Å². The Kier molecular flexibility index (Phi) is 5.83. The van der Waals surface area contributed by atoms with E-state index < -0.39 is 6.10 Å². The van der Waals surface area contributed by atoms with E-state index in [-0.39, 0.29) is 5.91 Å². The molecule has 1 N–H and O–H groups in total. The molecule has 2 rings (SSSR count). The first kappa shape index (κ1) is 15.9. The minimum atomic E-state index is -0.542. The minimum absolute atomic E-state index is 0.155. The topological polar surface area (TPSA) is 47.6 Å². The van der Waals surface area contributed by atoms with E-state index in [9.17, 15) is 4.79 Å². The maximum atomic E-state index is 11.9. The van der Waals surface area contributed by atoms with E-state index in [2.05, 4.69) is 5.32 Å². The number of carbonyl (C=O) groups is 1. The van der Waals surface area contributed by atoms with E-state index in [1.807, 2.05) is 61.5 Å². The van der Waals surface area contributed by atoms with Gasteiger partial charge >= 0.3 is 0 Å². The number of ether oxygens (including phenoxy) is 2. The number of rotatable bonds is 7. The van der Waals surface area contributed by atoms with Gasteiger partial charge in [0, 0.05) is 0 Å². The second-order valence-electron chi connectivity index (χ2n) is 5.03. The first-order chi connectivity index (χ1) is 10.6. The van der Waals surface area contributed by atoms with Crippen LogP contribution in [0.15, 0.2) is 54.6 Å². The number of hydrogen-bond donors (Lipinski definition) is 1. The zero-order valence-corrected chi connectivity index (χ0v) is 12.9. The number of nitrogens with one attached hydrogen (secondary N) is 1. The van der Waals surface area contributed by atoms with Gasteiger partial charge in [-0.15, -0.1) is 0 Å². The van der Waals surface area contributed by atoms with Gasteiger partial charge in [-0.05, 0) is 38.1 Å². The molecule has 0 bridgehead atoms. The molecule has 116 valence electrons. The summed E-state index contributed by atoms with van der Waals surface area (Å²) < 4.78 is 11.1. The zero-order valence-electron chi connectivity index (χ0n) is 12.9. The molecule has 0 saturated carbocycles. The Hall–Kier alpha value is -2.49. The van der Waals surface area contributed by atoms with Crippen LogP contribution in [0.5, 0.6) is 11.5 Å². The summed E-state index contributed by atoms with van der Waals surface area (Å²) >= 11 is 0. The minimum Gasteiger partial charge on any atom is -0.492 e. The average Bonchev–Trinajstić information content (AvgIpc) is 2.54. The highest BCUT2D eigenvalue weighted by molar-refractivity contribution is 5.80.